The third-order valence-electron chi connectivity index (χ3n) is 4.98. The lowest BCUT2D eigenvalue weighted by atomic mass is 9.94. The molecule has 1 aliphatic heterocycles. The van der Waals surface area contributed by atoms with Crippen molar-refractivity contribution >= 4 is 17.5 Å². The molecule has 0 N–H and O–H groups in total. The Morgan fingerprint density at radius 3 is 2.48 bits per heavy atom. The summed E-state index contributed by atoms with van der Waals surface area (Å²) in [7, 11) is 4.11. The van der Waals surface area contributed by atoms with Gasteiger partial charge in [0.1, 0.15) is 0 Å². The van der Waals surface area contributed by atoms with E-state index in [2.05, 4.69) is 112 Å². The Kier molecular flexibility index (Phi) is 5.71. The van der Waals surface area contributed by atoms with Crippen LogP contribution in [0, 0.1) is 6.92 Å². The number of aryl methyl sites for hydroxylation is 1. The van der Waals surface area contributed by atoms with Gasteiger partial charge in [0, 0.05) is 43.8 Å². The average molecular weight is 363 g/mol. The van der Waals surface area contributed by atoms with Crippen LogP contribution in [0.25, 0.3) is 6.08 Å². The minimum atomic E-state index is -0.270. The molecule has 3 heteroatoms. The zero-order valence-electron chi connectivity index (χ0n) is 17.1. The van der Waals surface area contributed by atoms with Gasteiger partial charge in [0.25, 0.3) is 0 Å². The topological polar surface area (TPSA) is 15.7 Å². The van der Waals surface area contributed by atoms with Gasteiger partial charge < -0.3 is 14.5 Å². The average Bonchev–Trinajstić information content (AvgIpc) is 2.75. The van der Waals surface area contributed by atoms with Crippen molar-refractivity contribution in [3.8, 4) is 0 Å². The van der Waals surface area contributed by atoms with Crippen LogP contribution in [0.2, 0.25) is 0 Å². The molecule has 0 saturated heterocycles. The maximum absolute atomic E-state index is 6.11. The number of allylic oxidation sites excluding steroid dienone is 2. The largest absolute Gasteiger partial charge is 0.378 e. The summed E-state index contributed by atoms with van der Waals surface area (Å²) < 4.78 is 6.11. The van der Waals surface area contributed by atoms with E-state index in [1.807, 2.05) is 0 Å². The Hall–Kier alpha value is -2.52. The molecule has 0 atom stereocenters. The van der Waals surface area contributed by atoms with E-state index in [0.717, 1.165) is 6.54 Å². The number of rotatable bonds is 4. The van der Waals surface area contributed by atoms with Crippen molar-refractivity contribution in [1.29, 1.82) is 0 Å². The summed E-state index contributed by atoms with van der Waals surface area (Å²) in [5.74, 6) is 0. The highest BCUT2D eigenvalue weighted by Gasteiger charge is 2.29. The number of hydrogen-bond acceptors (Lipinski definition) is 3. The number of nitrogens with zero attached hydrogens (tertiary/aromatic N) is 2. The maximum atomic E-state index is 6.11. The zero-order chi connectivity index (χ0) is 19.4. The fraction of sp³-hybridized carbons (Fsp3) is 0.333. The molecule has 1 aliphatic rings. The van der Waals surface area contributed by atoms with Crippen LogP contribution in [0.1, 0.15) is 30.5 Å². The molecule has 0 bridgehead atoms. The number of anilines is 2. The molecule has 0 unspecified atom stereocenters. The van der Waals surface area contributed by atoms with Crippen molar-refractivity contribution in [1.82, 2.24) is 0 Å². The quantitative estimate of drug-likeness (QED) is 0.681. The molecule has 0 aliphatic carbocycles. The van der Waals surface area contributed by atoms with Crippen molar-refractivity contribution in [3.63, 3.8) is 0 Å². The molecular formula is C24H30N2O. The van der Waals surface area contributed by atoms with Crippen LogP contribution in [0.5, 0.6) is 0 Å². The molecule has 0 spiro atoms. The van der Waals surface area contributed by atoms with Crippen molar-refractivity contribution in [2.75, 3.05) is 37.0 Å². The summed E-state index contributed by atoms with van der Waals surface area (Å²) in [5.41, 5.74) is 5.87. The Morgan fingerprint density at radius 1 is 1.04 bits per heavy atom. The fourth-order valence-corrected chi connectivity index (χ4v) is 3.34. The Balaban J connectivity index is 1.76. The fourth-order valence-electron chi connectivity index (χ4n) is 3.34. The van der Waals surface area contributed by atoms with Gasteiger partial charge >= 0.3 is 0 Å². The summed E-state index contributed by atoms with van der Waals surface area (Å²) in [5, 5.41) is 0. The van der Waals surface area contributed by atoms with Gasteiger partial charge in [-0.2, -0.15) is 0 Å². The molecule has 2 aromatic rings. The highest BCUT2D eigenvalue weighted by atomic mass is 16.5. The second kappa shape index (κ2) is 8.01. The first-order valence-corrected chi connectivity index (χ1v) is 9.51. The first-order chi connectivity index (χ1) is 12.9. The van der Waals surface area contributed by atoms with Crippen LogP contribution in [0.15, 0.2) is 60.8 Å². The van der Waals surface area contributed by atoms with E-state index in [-0.39, 0.29) is 5.60 Å². The molecule has 0 aromatic heterocycles. The molecule has 2 aromatic carbocycles. The lowest BCUT2D eigenvalue weighted by Gasteiger charge is -2.26. The highest BCUT2D eigenvalue weighted by molar-refractivity contribution is 5.61. The van der Waals surface area contributed by atoms with Crippen LogP contribution in [-0.2, 0) is 10.3 Å². The van der Waals surface area contributed by atoms with Crippen molar-refractivity contribution < 1.29 is 4.74 Å². The summed E-state index contributed by atoms with van der Waals surface area (Å²) in [6.07, 6.45) is 8.46. The molecule has 0 fully saturated rings. The van der Waals surface area contributed by atoms with E-state index < -0.39 is 0 Å². The van der Waals surface area contributed by atoms with Crippen LogP contribution in [0.4, 0.5) is 11.4 Å². The first-order valence-electron chi connectivity index (χ1n) is 9.51. The Bertz CT molecular complexity index is 832. The van der Waals surface area contributed by atoms with Crippen LogP contribution in [0.3, 0.4) is 0 Å². The molecule has 3 rings (SSSR count). The van der Waals surface area contributed by atoms with Gasteiger partial charge in [-0.3, -0.25) is 0 Å². The van der Waals surface area contributed by atoms with Gasteiger partial charge in [0.15, 0.2) is 0 Å². The van der Waals surface area contributed by atoms with Crippen LogP contribution >= 0.6 is 0 Å². The molecule has 27 heavy (non-hydrogen) atoms. The second-order valence-electron chi connectivity index (χ2n) is 7.76. The SMILES string of the molecule is Cc1ccc2c(c1)C(C)(C)OCCN2/C=C/C=Cc1ccc(N(C)C)cc1. The van der Waals surface area contributed by atoms with Gasteiger partial charge in [0.2, 0.25) is 0 Å². The lowest BCUT2D eigenvalue weighted by molar-refractivity contribution is -0.0128. The molecule has 0 amide bonds. The van der Waals surface area contributed by atoms with E-state index in [4.69, 9.17) is 4.74 Å². The molecule has 0 radical (unpaired) electrons. The summed E-state index contributed by atoms with van der Waals surface area (Å²) >= 11 is 0. The van der Waals surface area contributed by atoms with Crippen molar-refractivity contribution in [2.45, 2.75) is 26.4 Å². The van der Waals surface area contributed by atoms with Gasteiger partial charge in [-0.25, -0.2) is 0 Å². The molecule has 3 nitrogen and oxygen atoms in total. The minimum absolute atomic E-state index is 0.270. The lowest BCUT2D eigenvalue weighted by Crippen LogP contribution is -2.21. The first kappa shape index (κ1) is 19.2. The standard InChI is InChI=1S/C24H30N2O/c1-19-9-14-23-22(18-19)24(2,3)27-17-16-26(23)15-7-6-8-20-10-12-21(13-11-20)25(4)5/h6-15,18H,16-17H2,1-5H3/b8-6?,15-7+. The van der Waals surface area contributed by atoms with E-state index in [1.165, 1.54) is 28.1 Å². The summed E-state index contributed by atoms with van der Waals surface area (Å²) in [4.78, 5) is 4.39. The van der Waals surface area contributed by atoms with E-state index in [9.17, 15) is 0 Å². The van der Waals surface area contributed by atoms with Crippen LogP contribution in [-0.4, -0.2) is 27.2 Å². The van der Waals surface area contributed by atoms with Gasteiger partial charge in [-0.05, 0) is 50.6 Å². The van der Waals surface area contributed by atoms with E-state index in [1.54, 1.807) is 0 Å². The monoisotopic (exact) mass is 362 g/mol. The van der Waals surface area contributed by atoms with Gasteiger partial charge in [-0.15, -0.1) is 0 Å². The minimum Gasteiger partial charge on any atom is -0.378 e. The molecule has 142 valence electrons. The normalized spacial score (nSPS) is 16.6. The van der Waals surface area contributed by atoms with Gasteiger partial charge in [-0.1, -0.05) is 42.0 Å². The maximum Gasteiger partial charge on any atom is 0.0896 e. The summed E-state index contributed by atoms with van der Waals surface area (Å²) in [6, 6.07) is 15.2. The third kappa shape index (κ3) is 4.61. The summed E-state index contributed by atoms with van der Waals surface area (Å²) in [6.45, 7) is 7.99. The number of hydrogen-bond donors (Lipinski definition) is 0. The number of ether oxygens (including phenoxy) is 1. The predicted octanol–water partition coefficient (Wildman–Crippen LogP) is 5.36. The highest BCUT2D eigenvalue weighted by Crippen LogP contribution is 2.36. The molecular weight excluding hydrogens is 332 g/mol. The van der Waals surface area contributed by atoms with Crippen molar-refractivity contribution in [2.24, 2.45) is 0 Å². The second-order valence-corrected chi connectivity index (χ2v) is 7.76. The number of benzene rings is 2. The molecule has 1 heterocycles. The Labute approximate surface area is 163 Å². The molecule has 0 saturated carbocycles. The van der Waals surface area contributed by atoms with Gasteiger partial charge in [0.05, 0.1) is 12.2 Å². The van der Waals surface area contributed by atoms with Crippen LogP contribution < -0.4 is 9.80 Å². The zero-order valence-corrected chi connectivity index (χ0v) is 17.1. The predicted molar refractivity (Wildman–Crippen MR) is 116 cm³/mol. The number of fused-ring (bicyclic) bond motifs is 1. The Morgan fingerprint density at radius 2 is 1.78 bits per heavy atom. The van der Waals surface area contributed by atoms with E-state index >= 15 is 0 Å². The van der Waals surface area contributed by atoms with E-state index in [0.29, 0.717) is 6.61 Å². The van der Waals surface area contributed by atoms with Crippen molar-refractivity contribution in [3.05, 3.63) is 77.5 Å². The third-order valence-corrected chi connectivity index (χ3v) is 4.98. The smallest absolute Gasteiger partial charge is 0.0896 e.